The molecular formula is C15H16N2O. The summed E-state index contributed by atoms with van der Waals surface area (Å²) >= 11 is 0. The van der Waals surface area contributed by atoms with E-state index in [0.717, 1.165) is 17.8 Å². The molecule has 1 saturated carbocycles. The van der Waals surface area contributed by atoms with Crippen LogP contribution in [-0.4, -0.2) is 18.2 Å². The highest BCUT2D eigenvalue weighted by atomic mass is 16.3. The Morgan fingerprint density at radius 1 is 1.44 bits per heavy atom. The van der Waals surface area contributed by atoms with Crippen molar-refractivity contribution in [1.29, 1.82) is 5.26 Å². The molecule has 1 aliphatic carbocycles. The maximum atomic E-state index is 9.20. The summed E-state index contributed by atoms with van der Waals surface area (Å²) in [6, 6.07) is 7.63. The van der Waals surface area contributed by atoms with Gasteiger partial charge < -0.3 is 10.0 Å². The lowest BCUT2D eigenvalue weighted by molar-refractivity contribution is 0.282. The van der Waals surface area contributed by atoms with Gasteiger partial charge in [0, 0.05) is 6.54 Å². The van der Waals surface area contributed by atoms with E-state index >= 15 is 0 Å². The second kappa shape index (κ2) is 5.58. The normalized spacial score (nSPS) is 13.7. The minimum Gasteiger partial charge on any atom is -0.392 e. The van der Waals surface area contributed by atoms with Crippen LogP contribution >= 0.6 is 0 Å². The van der Waals surface area contributed by atoms with Crippen LogP contribution < -0.4 is 4.90 Å². The van der Waals surface area contributed by atoms with Crippen molar-refractivity contribution in [2.75, 3.05) is 18.0 Å². The predicted molar refractivity (Wildman–Crippen MR) is 70.8 cm³/mol. The summed E-state index contributed by atoms with van der Waals surface area (Å²) in [4.78, 5) is 2.08. The van der Waals surface area contributed by atoms with Gasteiger partial charge in [0.2, 0.25) is 0 Å². The zero-order valence-corrected chi connectivity index (χ0v) is 10.3. The maximum absolute atomic E-state index is 9.20. The topological polar surface area (TPSA) is 47.3 Å². The smallest absolute Gasteiger partial charge is 0.101 e. The van der Waals surface area contributed by atoms with Crippen molar-refractivity contribution in [2.24, 2.45) is 5.92 Å². The Morgan fingerprint density at radius 2 is 2.22 bits per heavy atom. The van der Waals surface area contributed by atoms with E-state index in [9.17, 15) is 5.26 Å². The summed E-state index contributed by atoms with van der Waals surface area (Å²) in [6.45, 7) is 1.38. The van der Waals surface area contributed by atoms with Crippen LogP contribution in [0.1, 0.15) is 24.0 Å². The highest BCUT2D eigenvalue weighted by molar-refractivity contribution is 5.61. The van der Waals surface area contributed by atoms with E-state index in [0.29, 0.717) is 18.0 Å². The molecule has 2 rings (SSSR count). The Kier molecular flexibility index (Phi) is 3.87. The number of terminal acetylenes is 1. The average Bonchev–Trinajstić information content (AvgIpc) is 3.21. The summed E-state index contributed by atoms with van der Waals surface area (Å²) < 4.78 is 0. The van der Waals surface area contributed by atoms with Gasteiger partial charge in [-0.1, -0.05) is 12.0 Å². The highest BCUT2D eigenvalue weighted by Gasteiger charge is 2.25. The van der Waals surface area contributed by atoms with Gasteiger partial charge in [0.1, 0.15) is 6.07 Å². The largest absolute Gasteiger partial charge is 0.392 e. The Labute approximate surface area is 108 Å². The summed E-state index contributed by atoms with van der Waals surface area (Å²) in [6.07, 6.45) is 7.89. The van der Waals surface area contributed by atoms with E-state index in [1.807, 2.05) is 12.1 Å². The first-order chi connectivity index (χ1) is 8.78. The lowest BCUT2D eigenvalue weighted by Gasteiger charge is -2.23. The van der Waals surface area contributed by atoms with Gasteiger partial charge in [-0.2, -0.15) is 5.26 Å². The zero-order chi connectivity index (χ0) is 13.0. The molecule has 0 bridgehead atoms. The molecular weight excluding hydrogens is 224 g/mol. The van der Waals surface area contributed by atoms with Gasteiger partial charge in [-0.15, -0.1) is 6.42 Å². The fraction of sp³-hybridized carbons (Fsp3) is 0.400. The number of nitriles is 1. The Bertz CT molecular complexity index is 506. The number of hydrogen-bond donors (Lipinski definition) is 1. The van der Waals surface area contributed by atoms with Crippen molar-refractivity contribution >= 4 is 5.69 Å². The third-order valence-corrected chi connectivity index (χ3v) is 3.16. The van der Waals surface area contributed by atoms with E-state index < -0.39 is 0 Å². The molecule has 0 amide bonds. The van der Waals surface area contributed by atoms with Crippen LogP contribution in [0.3, 0.4) is 0 Å². The van der Waals surface area contributed by atoms with Crippen LogP contribution in [-0.2, 0) is 6.61 Å². The van der Waals surface area contributed by atoms with Gasteiger partial charge >= 0.3 is 0 Å². The molecule has 3 nitrogen and oxygen atoms in total. The number of aliphatic hydroxyl groups is 1. The SMILES string of the molecule is C#CCN(CC1CC1)c1ccc(CO)cc1C#N. The molecule has 18 heavy (non-hydrogen) atoms. The Balaban J connectivity index is 2.28. The lowest BCUT2D eigenvalue weighted by Crippen LogP contribution is -2.26. The van der Waals surface area contributed by atoms with Crippen LogP contribution in [0.25, 0.3) is 0 Å². The number of hydrogen-bond acceptors (Lipinski definition) is 3. The molecule has 0 saturated heterocycles. The zero-order valence-electron chi connectivity index (χ0n) is 10.3. The van der Waals surface area contributed by atoms with Gasteiger partial charge in [0.15, 0.2) is 0 Å². The third kappa shape index (κ3) is 2.83. The summed E-state index contributed by atoms with van der Waals surface area (Å²) in [7, 11) is 0. The van der Waals surface area contributed by atoms with Crippen molar-refractivity contribution in [2.45, 2.75) is 19.4 Å². The molecule has 0 spiro atoms. The van der Waals surface area contributed by atoms with Gasteiger partial charge in [-0.25, -0.2) is 0 Å². The summed E-state index contributed by atoms with van der Waals surface area (Å²) in [5.74, 6) is 3.36. The van der Waals surface area contributed by atoms with Crippen molar-refractivity contribution in [1.82, 2.24) is 0 Å². The van der Waals surface area contributed by atoms with Gasteiger partial charge in [0.25, 0.3) is 0 Å². The van der Waals surface area contributed by atoms with E-state index in [-0.39, 0.29) is 6.61 Å². The minimum atomic E-state index is -0.0489. The molecule has 0 aliphatic heterocycles. The molecule has 0 heterocycles. The predicted octanol–water partition coefficient (Wildman–Crippen LogP) is 1.90. The van der Waals surface area contributed by atoms with E-state index in [1.165, 1.54) is 12.8 Å². The van der Waals surface area contributed by atoms with E-state index in [2.05, 4.69) is 16.9 Å². The second-order valence-electron chi connectivity index (χ2n) is 4.65. The molecule has 1 aromatic rings. The third-order valence-electron chi connectivity index (χ3n) is 3.16. The van der Waals surface area contributed by atoms with Gasteiger partial charge in [0.05, 0.1) is 24.4 Å². The average molecular weight is 240 g/mol. The number of nitrogens with zero attached hydrogens (tertiary/aromatic N) is 2. The van der Waals surface area contributed by atoms with Crippen LogP contribution in [0.5, 0.6) is 0 Å². The molecule has 0 radical (unpaired) electrons. The van der Waals surface area contributed by atoms with Crippen LogP contribution in [0.4, 0.5) is 5.69 Å². The fourth-order valence-electron chi connectivity index (χ4n) is 2.02. The lowest BCUT2D eigenvalue weighted by atomic mass is 10.1. The fourth-order valence-corrected chi connectivity index (χ4v) is 2.02. The first kappa shape index (κ1) is 12.5. The standard InChI is InChI=1S/C15H16N2O/c1-2-7-17(10-12-3-4-12)15-6-5-13(11-18)8-14(15)9-16/h1,5-6,8,12,18H,3-4,7,10-11H2. The number of anilines is 1. The maximum Gasteiger partial charge on any atom is 0.101 e. The van der Waals surface area contributed by atoms with Crippen molar-refractivity contribution < 1.29 is 5.11 Å². The highest BCUT2D eigenvalue weighted by Crippen LogP contribution is 2.32. The van der Waals surface area contributed by atoms with E-state index in [1.54, 1.807) is 6.07 Å². The summed E-state index contributed by atoms with van der Waals surface area (Å²) in [5.41, 5.74) is 2.21. The molecule has 3 heteroatoms. The first-order valence-corrected chi connectivity index (χ1v) is 6.10. The molecule has 0 unspecified atom stereocenters. The number of benzene rings is 1. The number of rotatable bonds is 5. The minimum absolute atomic E-state index is 0.0489. The molecule has 1 fully saturated rings. The molecule has 1 aliphatic rings. The van der Waals surface area contributed by atoms with Crippen LogP contribution in [0.15, 0.2) is 18.2 Å². The monoisotopic (exact) mass is 240 g/mol. The van der Waals surface area contributed by atoms with Crippen LogP contribution in [0.2, 0.25) is 0 Å². The van der Waals surface area contributed by atoms with Crippen molar-refractivity contribution in [3.05, 3.63) is 29.3 Å². The number of aliphatic hydroxyl groups excluding tert-OH is 1. The molecule has 1 N–H and O–H groups in total. The van der Waals surface area contributed by atoms with Gasteiger partial charge in [-0.05, 0) is 36.5 Å². The Hall–Kier alpha value is -1.97. The molecule has 0 atom stereocenters. The quantitative estimate of drug-likeness (QED) is 0.800. The Morgan fingerprint density at radius 3 is 2.78 bits per heavy atom. The first-order valence-electron chi connectivity index (χ1n) is 6.10. The van der Waals surface area contributed by atoms with E-state index in [4.69, 9.17) is 11.5 Å². The summed E-state index contributed by atoms with van der Waals surface area (Å²) in [5, 5.41) is 18.3. The second-order valence-corrected chi connectivity index (χ2v) is 4.65. The molecule has 0 aromatic heterocycles. The van der Waals surface area contributed by atoms with Crippen LogP contribution in [0, 0.1) is 29.6 Å². The van der Waals surface area contributed by atoms with Gasteiger partial charge in [-0.3, -0.25) is 0 Å². The van der Waals surface area contributed by atoms with Crippen molar-refractivity contribution in [3.8, 4) is 18.4 Å². The van der Waals surface area contributed by atoms with Crippen molar-refractivity contribution in [3.63, 3.8) is 0 Å². The molecule has 1 aromatic carbocycles. The molecule has 92 valence electrons.